The van der Waals surface area contributed by atoms with Crippen molar-refractivity contribution in [3.63, 3.8) is 0 Å². The number of fused-ring (bicyclic) bond motifs is 5. The number of hydrogen-bond donors (Lipinski definition) is 1. The van der Waals surface area contributed by atoms with Crippen LogP contribution in [0.15, 0.2) is 12.2 Å². The molecule has 4 fully saturated rings. The van der Waals surface area contributed by atoms with Crippen LogP contribution in [0.2, 0.25) is 0 Å². The predicted molar refractivity (Wildman–Crippen MR) is 137 cm³/mol. The zero-order valence-electron chi connectivity index (χ0n) is 18.9. The molecule has 0 spiro atoms. The second kappa shape index (κ2) is 9.37. The van der Waals surface area contributed by atoms with Gasteiger partial charge in [0.05, 0.1) is 0 Å². The fraction of sp³-hybridized carbons (Fsp3) is 0.826. The van der Waals surface area contributed by atoms with Gasteiger partial charge in [-0.2, -0.15) is 0 Å². The van der Waals surface area contributed by atoms with Crippen LogP contribution in [-0.4, -0.2) is 75.6 Å². The van der Waals surface area contributed by atoms with Crippen LogP contribution < -0.4 is 0 Å². The molecule has 2 bridgehead atoms. The third-order valence-electron chi connectivity index (χ3n) is 7.51. The quantitative estimate of drug-likeness (QED) is 0.135. The Kier molecular flexibility index (Phi) is 7.31. The summed E-state index contributed by atoms with van der Waals surface area (Å²) in [6.07, 6.45) is 1.84. The van der Waals surface area contributed by atoms with E-state index < -0.39 is 57.8 Å². The first kappa shape index (κ1) is 24.2. The molecule has 4 aliphatic rings. The molecule has 1 N–H and O–H groups in total. The molecule has 1 heterocycles. The van der Waals surface area contributed by atoms with Crippen LogP contribution >= 0.6 is 39.6 Å². The molecule has 0 aromatic rings. The molecule has 0 amide bonds. The van der Waals surface area contributed by atoms with Crippen molar-refractivity contribution in [2.24, 2.45) is 23.7 Å². The standard InChI is InChI=1S/C23H36I2O6/c1-13(2)21(27)31-18-10-15-14-8-16(19(15)20(18)26)17(9-14)29-6-7-30-22(28)23(11-24(3)4)12-25(23)5/h14-20,26H,1,6-12H2,2-5H3. The molecule has 3 aliphatic carbocycles. The van der Waals surface area contributed by atoms with Gasteiger partial charge in [-0.15, -0.1) is 0 Å². The van der Waals surface area contributed by atoms with Crippen LogP contribution in [0.3, 0.4) is 0 Å². The van der Waals surface area contributed by atoms with E-state index in [4.69, 9.17) is 14.2 Å². The molecule has 1 aliphatic heterocycles. The average Bonchev–Trinajstić information content (AvgIpc) is 3.02. The Bertz CT molecular complexity index is 742. The number of aliphatic hydroxyl groups excluding tert-OH is 1. The fourth-order valence-electron chi connectivity index (χ4n) is 6.06. The molecule has 0 aromatic heterocycles. The summed E-state index contributed by atoms with van der Waals surface area (Å²) in [6, 6.07) is 0. The van der Waals surface area contributed by atoms with E-state index >= 15 is 0 Å². The second-order valence-corrected chi connectivity index (χ2v) is 22.0. The minimum atomic E-state index is -1.10. The summed E-state index contributed by atoms with van der Waals surface area (Å²) in [5.74, 6) is 0.972. The number of aliphatic hydroxyl groups is 1. The number of carbonyl (C=O) groups excluding carboxylic acids is 2. The van der Waals surface area contributed by atoms with E-state index in [0.29, 0.717) is 36.5 Å². The Balaban J connectivity index is 1.24. The van der Waals surface area contributed by atoms with Gasteiger partial charge < -0.3 is 0 Å². The summed E-state index contributed by atoms with van der Waals surface area (Å²) in [5, 5.41) is 10.8. The number of halogens is 2. The van der Waals surface area contributed by atoms with Gasteiger partial charge in [-0.3, -0.25) is 0 Å². The maximum absolute atomic E-state index is 12.7. The van der Waals surface area contributed by atoms with E-state index in [9.17, 15) is 14.7 Å². The van der Waals surface area contributed by atoms with Crippen LogP contribution in [0.5, 0.6) is 0 Å². The van der Waals surface area contributed by atoms with Crippen molar-refractivity contribution in [3.05, 3.63) is 12.2 Å². The van der Waals surface area contributed by atoms with Gasteiger partial charge in [0.15, 0.2) is 0 Å². The van der Waals surface area contributed by atoms with Crippen molar-refractivity contribution >= 4 is 51.6 Å². The topological polar surface area (TPSA) is 82.1 Å². The van der Waals surface area contributed by atoms with Crippen molar-refractivity contribution in [2.45, 2.75) is 47.9 Å². The molecule has 0 aromatic carbocycles. The molecular formula is C23H36I2O6. The van der Waals surface area contributed by atoms with E-state index in [2.05, 4.69) is 21.4 Å². The monoisotopic (exact) mass is 662 g/mol. The van der Waals surface area contributed by atoms with E-state index in [1.165, 1.54) is 0 Å². The van der Waals surface area contributed by atoms with Crippen molar-refractivity contribution in [2.75, 3.05) is 36.9 Å². The SMILES string of the molecule is C=C(C)C(=O)OC1CC2C3CC(OCCOC(=O)C4(CI(C)C)CI4C)C(C3)C2C1O. The van der Waals surface area contributed by atoms with Crippen LogP contribution in [0.4, 0.5) is 0 Å². The van der Waals surface area contributed by atoms with Crippen LogP contribution in [0.25, 0.3) is 0 Å². The van der Waals surface area contributed by atoms with Crippen molar-refractivity contribution in [1.29, 1.82) is 0 Å². The number of esters is 2. The fourth-order valence-corrected chi connectivity index (χ4v) is 22.8. The van der Waals surface area contributed by atoms with Gasteiger partial charge in [0.1, 0.15) is 0 Å². The molecule has 31 heavy (non-hydrogen) atoms. The Hall–Kier alpha value is 0.0600. The van der Waals surface area contributed by atoms with Gasteiger partial charge in [0.2, 0.25) is 0 Å². The average molecular weight is 662 g/mol. The molecule has 8 unspecified atom stereocenters. The summed E-state index contributed by atoms with van der Waals surface area (Å²) in [4.78, 5) is 31.5. The summed E-state index contributed by atoms with van der Waals surface area (Å²) >= 11 is -2.05. The van der Waals surface area contributed by atoms with E-state index in [-0.39, 0.29) is 21.4 Å². The molecule has 178 valence electrons. The molecule has 6 nitrogen and oxygen atoms in total. The molecule has 8 heteroatoms. The summed E-state index contributed by atoms with van der Waals surface area (Å²) in [7, 11) is 0. The first-order valence-electron chi connectivity index (χ1n) is 11.0. The molecule has 3 saturated carbocycles. The van der Waals surface area contributed by atoms with Gasteiger partial charge in [-0.05, 0) is 6.92 Å². The van der Waals surface area contributed by atoms with Crippen LogP contribution in [0.1, 0.15) is 26.2 Å². The van der Waals surface area contributed by atoms with E-state index in [0.717, 1.165) is 28.1 Å². The van der Waals surface area contributed by atoms with Crippen LogP contribution in [0, 0.1) is 23.7 Å². The number of alkyl halides is 6. The van der Waals surface area contributed by atoms with Crippen molar-refractivity contribution in [3.8, 4) is 0 Å². The van der Waals surface area contributed by atoms with Crippen molar-refractivity contribution < 1.29 is 28.9 Å². The second-order valence-electron chi connectivity index (χ2n) is 9.87. The predicted octanol–water partition coefficient (Wildman–Crippen LogP) is 3.09. The summed E-state index contributed by atoms with van der Waals surface area (Å²) in [5.41, 5.74) is 0.365. The Morgan fingerprint density at radius 3 is 2.48 bits per heavy atom. The Morgan fingerprint density at radius 1 is 1.16 bits per heavy atom. The molecule has 0 radical (unpaired) electrons. The van der Waals surface area contributed by atoms with Crippen molar-refractivity contribution in [1.82, 2.24) is 0 Å². The maximum atomic E-state index is 12.7. The van der Waals surface area contributed by atoms with Crippen LogP contribution in [-0.2, 0) is 23.8 Å². The summed E-state index contributed by atoms with van der Waals surface area (Å²) < 4.78 is 19.5. The Labute approximate surface area is 200 Å². The molecule has 1 saturated heterocycles. The van der Waals surface area contributed by atoms with Gasteiger partial charge in [-0.25, -0.2) is 4.79 Å². The molecule has 8 atom stereocenters. The van der Waals surface area contributed by atoms with E-state index in [1.54, 1.807) is 6.92 Å². The summed E-state index contributed by atoms with van der Waals surface area (Å²) in [6.45, 7) is 6.02. The Morgan fingerprint density at radius 2 is 1.87 bits per heavy atom. The number of hydrogen-bond acceptors (Lipinski definition) is 6. The van der Waals surface area contributed by atoms with E-state index in [1.807, 2.05) is 0 Å². The third-order valence-corrected chi connectivity index (χ3v) is 18.1. The van der Waals surface area contributed by atoms with Gasteiger partial charge in [0.25, 0.3) is 0 Å². The number of rotatable bonds is 9. The first-order valence-corrected chi connectivity index (χ1v) is 21.6. The minimum absolute atomic E-state index is 0.0381. The zero-order valence-corrected chi connectivity index (χ0v) is 23.3. The number of carbonyl (C=O) groups is 2. The first-order chi connectivity index (χ1) is 14.6. The number of ether oxygens (including phenoxy) is 3. The zero-order chi connectivity index (χ0) is 22.5. The molecule has 4 rings (SSSR count). The van der Waals surface area contributed by atoms with Gasteiger partial charge in [-0.1, -0.05) is 6.58 Å². The molecular weight excluding hydrogens is 626 g/mol. The normalized spacial score (nSPS) is 41.6. The van der Waals surface area contributed by atoms with Gasteiger partial charge in [0, 0.05) is 5.57 Å². The van der Waals surface area contributed by atoms with Gasteiger partial charge >= 0.3 is 177 Å². The third kappa shape index (κ3) is 4.69.